The molecule has 0 aliphatic rings. The molecule has 2 rings (SSSR count). The first-order valence-electron chi connectivity index (χ1n) is 5.72. The summed E-state index contributed by atoms with van der Waals surface area (Å²) in [5.74, 6) is 1.52. The van der Waals surface area contributed by atoms with E-state index in [0.29, 0.717) is 0 Å². The lowest BCUT2D eigenvalue weighted by Gasteiger charge is -2.11. The van der Waals surface area contributed by atoms with Crippen LogP contribution in [0.4, 0.5) is 0 Å². The minimum Gasteiger partial charge on any atom is -0.455 e. The number of nitrogens with one attached hydrogen (secondary N) is 1. The molecule has 0 bridgehead atoms. The van der Waals surface area contributed by atoms with E-state index in [1.54, 1.807) is 12.4 Å². The zero-order valence-electron chi connectivity index (χ0n) is 10.4. The van der Waals surface area contributed by atoms with Crippen LogP contribution >= 0.6 is 11.6 Å². The minimum atomic E-state index is 0.740. The number of aryl methyl sites for hydroxylation is 1. The van der Waals surface area contributed by atoms with Crippen molar-refractivity contribution < 1.29 is 4.74 Å². The van der Waals surface area contributed by atoms with Crippen LogP contribution in [0.15, 0.2) is 36.7 Å². The second-order valence-electron chi connectivity index (χ2n) is 4.03. The summed E-state index contributed by atoms with van der Waals surface area (Å²) in [6.07, 6.45) is 3.48. The van der Waals surface area contributed by atoms with Gasteiger partial charge in [0, 0.05) is 23.3 Å². The van der Waals surface area contributed by atoms with Crippen molar-refractivity contribution in [3.8, 4) is 11.5 Å². The lowest BCUT2D eigenvalue weighted by molar-refractivity contribution is 0.471. The van der Waals surface area contributed by atoms with Gasteiger partial charge in [-0.25, -0.2) is 0 Å². The average Bonchev–Trinajstić information content (AvgIpc) is 2.37. The van der Waals surface area contributed by atoms with E-state index in [1.165, 1.54) is 0 Å². The zero-order chi connectivity index (χ0) is 13.0. The van der Waals surface area contributed by atoms with Gasteiger partial charge in [0.1, 0.15) is 11.5 Å². The second kappa shape index (κ2) is 5.85. The Hall–Kier alpha value is -1.58. The van der Waals surface area contributed by atoms with Gasteiger partial charge in [-0.15, -0.1) is 0 Å². The van der Waals surface area contributed by atoms with Crippen molar-refractivity contribution in [1.82, 2.24) is 10.3 Å². The van der Waals surface area contributed by atoms with Crippen molar-refractivity contribution in [2.75, 3.05) is 7.05 Å². The summed E-state index contributed by atoms with van der Waals surface area (Å²) in [6, 6.07) is 7.54. The summed E-state index contributed by atoms with van der Waals surface area (Å²) in [7, 11) is 1.90. The van der Waals surface area contributed by atoms with Gasteiger partial charge in [-0.05, 0) is 43.8 Å². The normalized spacial score (nSPS) is 10.4. The number of rotatable bonds is 4. The number of hydrogen-bond donors (Lipinski definition) is 1. The van der Waals surface area contributed by atoms with Crippen molar-refractivity contribution in [1.29, 1.82) is 0 Å². The fourth-order valence-corrected chi connectivity index (χ4v) is 1.76. The Morgan fingerprint density at radius 3 is 2.89 bits per heavy atom. The van der Waals surface area contributed by atoms with Gasteiger partial charge >= 0.3 is 0 Å². The summed E-state index contributed by atoms with van der Waals surface area (Å²) in [6.45, 7) is 2.69. The van der Waals surface area contributed by atoms with E-state index < -0.39 is 0 Å². The standard InChI is InChI=1S/C14H15ClN2O/c1-10-7-12(3-4-13(10)15)18-14-9-17-6-5-11(14)8-16-2/h3-7,9,16H,8H2,1-2H3. The molecule has 1 N–H and O–H groups in total. The van der Waals surface area contributed by atoms with Gasteiger partial charge in [0.25, 0.3) is 0 Å². The first kappa shape index (κ1) is 12.9. The molecule has 0 atom stereocenters. The lowest BCUT2D eigenvalue weighted by atomic mass is 10.2. The number of nitrogens with zero attached hydrogens (tertiary/aromatic N) is 1. The summed E-state index contributed by atoms with van der Waals surface area (Å²) < 4.78 is 5.84. The van der Waals surface area contributed by atoms with Gasteiger partial charge in [0.2, 0.25) is 0 Å². The van der Waals surface area contributed by atoms with Gasteiger partial charge in [-0.1, -0.05) is 11.6 Å². The Morgan fingerprint density at radius 1 is 1.33 bits per heavy atom. The molecule has 0 amide bonds. The van der Waals surface area contributed by atoms with Crippen LogP contribution in [-0.2, 0) is 6.54 Å². The fraction of sp³-hybridized carbons (Fsp3) is 0.214. The second-order valence-corrected chi connectivity index (χ2v) is 4.43. The molecule has 2 aromatic rings. The molecule has 18 heavy (non-hydrogen) atoms. The summed E-state index contributed by atoms with van der Waals surface area (Å²) in [4.78, 5) is 4.08. The Kier molecular flexibility index (Phi) is 4.18. The van der Waals surface area contributed by atoms with Crippen LogP contribution in [-0.4, -0.2) is 12.0 Å². The van der Waals surface area contributed by atoms with Gasteiger partial charge in [0.05, 0.1) is 6.20 Å². The van der Waals surface area contributed by atoms with E-state index in [1.807, 2.05) is 38.2 Å². The van der Waals surface area contributed by atoms with Gasteiger partial charge in [-0.2, -0.15) is 0 Å². The highest BCUT2D eigenvalue weighted by molar-refractivity contribution is 6.31. The van der Waals surface area contributed by atoms with E-state index in [2.05, 4.69) is 10.3 Å². The largest absolute Gasteiger partial charge is 0.455 e. The average molecular weight is 263 g/mol. The minimum absolute atomic E-state index is 0.740. The number of halogens is 1. The highest BCUT2D eigenvalue weighted by Crippen LogP contribution is 2.27. The molecule has 0 saturated carbocycles. The molecule has 0 aliphatic heterocycles. The molecule has 0 spiro atoms. The highest BCUT2D eigenvalue weighted by atomic mass is 35.5. The SMILES string of the molecule is CNCc1ccncc1Oc1ccc(Cl)c(C)c1. The van der Waals surface area contributed by atoms with Crippen LogP contribution in [0.3, 0.4) is 0 Å². The number of benzene rings is 1. The monoisotopic (exact) mass is 262 g/mol. The maximum atomic E-state index is 5.99. The molecule has 4 heteroatoms. The molecular weight excluding hydrogens is 248 g/mol. The van der Waals surface area contributed by atoms with E-state index in [0.717, 1.165) is 34.2 Å². The molecule has 0 saturated heterocycles. The number of aromatic nitrogens is 1. The van der Waals surface area contributed by atoms with Crippen molar-refractivity contribution >= 4 is 11.6 Å². The summed E-state index contributed by atoms with van der Waals surface area (Å²) in [5, 5.41) is 3.84. The third-order valence-corrected chi connectivity index (χ3v) is 3.02. The zero-order valence-corrected chi connectivity index (χ0v) is 11.2. The Bertz CT molecular complexity index is 543. The van der Waals surface area contributed by atoms with Crippen LogP contribution < -0.4 is 10.1 Å². The predicted octanol–water partition coefficient (Wildman–Crippen LogP) is 3.56. The van der Waals surface area contributed by atoms with Gasteiger partial charge in [0.15, 0.2) is 0 Å². The smallest absolute Gasteiger partial charge is 0.150 e. The molecule has 0 aliphatic carbocycles. The number of hydrogen-bond acceptors (Lipinski definition) is 3. The van der Waals surface area contributed by atoms with Crippen molar-refractivity contribution in [3.05, 3.63) is 52.8 Å². The Morgan fingerprint density at radius 2 is 2.17 bits per heavy atom. The first-order chi connectivity index (χ1) is 8.70. The molecule has 0 fully saturated rings. The predicted molar refractivity (Wildman–Crippen MR) is 73.3 cm³/mol. The molecule has 0 radical (unpaired) electrons. The van der Waals surface area contributed by atoms with Crippen molar-refractivity contribution in [2.24, 2.45) is 0 Å². The maximum Gasteiger partial charge on any atom is 0.150 e. The summed E-state index contributed by atoms with van der Waals surface area (Å²) in [5.41, 5.74) is 2.06. The molecule has 1 aromatic heterocycles. The van der Waals surface area contributed by atoms with Gasteiger partial charge in [-0.3, -0.25) is 4.98 Å². The first-order valence-corrected chi connectivity index (χ1v) is 6.10. The third-order valence-electron chi connectivity index (χ3n) is 2.59. The molecular formula is C14H15ClN2O. The highest BCUT2D eigenvalue weighted by Gasteiger charge is 2.05. The number of ether oxygens (including phenoxy) is 1. The van der Waals surface area contributed by atoms with E-state index >= 15 is 0 Å². The third kappa shape index (κ3) is 3.00. The van der Waals surface area contributed by atoms with Crippen LogP contribution in [0.25, 0.3) is 0 Å². The molecule has 1 heterocycles. The van der Waals surface area contributed by atoms with Gasteiger partial charge < -0.3 is 10.1 Å². The van der Waals surface area contributed by atoms with E-state index in [9.17, 15) is 0 Å². The molecule has 94 valence electrons. The Labute approximate surface area is 112 Å². The molecule has 0 unspecified atom stereocenters. The van der Waals surface area contributed by atoms with Crippen LogP contribution in [0, 0.1) is 6.92 Å². The molecule has 3 nitrogen and oxygen atoms in total. The van der Waals surface area contributed by atoms with Crippen LogP contribution in [0.5, 0.6) is 11.5 Å². The van der Waals surface area contributed by atoms with E-state index in [-0.39, 0.29) is 0 Å². The molecule has 1 aromatic carbocycles. The quantitative estimate of drug-likeness (QED) is 0.915. The van der Waals surface area contributed by atoms with Crippen molar-refractivity contribution in [2.45, 2.75) is 13.5 Å². The van der Waals surface area contributed by atoms with Crippen molar-refractivity contribution in [3.63, 3.8) is 0 Å². The summed E-state index contributed by atoms with van der Waals surface area (Å²) >= 11 is 5.99. The topological polar surface area (TPSA) is 34.2 Å². The Balaban J connectivity index is 2.25. The van der Waals surface area contributed by atoms with Crippen LogP contribution in [0.2, 0.25) is 5.02 Å². The lowest BCUT2D eigenvalue weighted by Crippen LogP contribution is -2.06. The maximum absolute atomic E-state index is 5.99. The van der Waals surface area contributed by atoms with E-state index in [4.69, 9.17) is 16.3 Å². The van der Waals surface area contributed by atoms with Crippen LogP contribution in [0.1, 0.15) is 11.1 Å². The fourth-order valence-electron chi connectivity index (χ4n) is 1.64. The number of pyridine rings is 1.